The summed E-state index contributed by atoms with van der Waals surface area (Å²) in [5, 5.41) is 2.82. The van der Waals surface area contributed by atoms with Gasteiger partial charge in [0, 0.05) is 5.56 Å². The van der Waals surface area contributed by atoms with Crippen LogP contribution in [-0.2, 0) is 4.74 Å². The van der Waals surface area contributed by atoms with Gasteiger partial charge in [0.1, 0.15) is 0 Å². The van der Waals surface area contributed by atoms with Crippen LogP contribution in [0.25, 0.3) is 5.57 Å². The van der Waals surface area contributed by atoms with E-state index in [1.54, 1.807) is 6.92 Å². The SMILES string of the molecule is CCOC(=O)Nc1ccccc1C1=CCC(C)=C(C)C1. The van der Waals surface area contributed by atoms with Crippen molar-refractivity contribution < 1.29 is 9.53 Å². The number of amides is 1. The summed E-state index contributed by atoms with van der Waals surface area (Å²) >= 11 is 0. The zero-order valence-electron chi connectivity index (χ0n) is 12.3. The highest BCUT2D eigenvalue weighted by Gasteiger charge is 2.14. The van der Waals surface area contributed by atoms with E-state index in [1.807, 2.05) is 24.3 Å². The van der Waals surface area contributed by atoms with E-state index in [1.165, 1.54) is 16.7 Å². The highest BCUT2D eigenvalue weighted by atomic mass is 16.5. The summed E-state index contributed by atoms with van der Waals surface area (Å²) in [5.74, 6) is 0. The highest BCUT2D eigenvalue weighted by molar-refractivity contribution is 5.90. The van der Waals surface area contributed by atoms with Crippen LogP contribution in [0.15, 0.2) is 41.5 Å². The predicted octanol–water partition coefficient (Wildman–Crippen LogP) is 4.77. The van der Waals surface area contributed by atoms with E-state index < -0.39 is 6.09 Å². The quantitative estimate of drug-likeness (QED) is 0.804. The molecule has 0 aliphatic heterocycles. The van der Waals surface area contributed by atoms with Crippen molar-refractivity contribution in [3.63, 3.8) is 0 Å². The molecule has 106 valence electrons. The molecule has 0 aromatic heterocycles. The first-order chi connectivity index (χ1) is 9.61. The summed E-state index contributed by atoms with van der Waals surface area (Å²) in [6.07, 6.45) is 3.76. The van der Waals surface area contributed by atoms with Gasteiger partial charge in [-0.15, -0.1) is 0 Å². The third-order valence-electron chi connectivity index (χ3n) is 3.62. The van der Waals surface area contributed by atoms with Crippen LogP contribution in [0.3, 0.4) is 0 Å². The van der Waals surface area contributed by atoms with Gasteiger partial charge in [0.15, 0.2) is 0 Å². The second-order valence-electron chi connectivity index (χ2n) is 5.06. The Balaban J connectivity index is 2.23. The second-order valence-corrected chi connectivity index (χ2v) is 5.06. The first kappa shape index (κ1) is 14.4. The molecule has 20 heavy (non-hydrogen) atoms. The molecule has 3 nitrogen and oxygen atoms in total. The van der Waals surface area contributed by atoms with Crippen molar-refractivity contribution >= 4 is 17.4 Å². The Morgan fingerprint density at radius 2 is 2.00 bits per heavy atom. The first-order valence-electron chi connectivity index (χ1n) is 6.99. The summed E-state index contributed by atoms with van der Waals surface area (Å²) in [4.78, 5) is 11.6. The molecular formula is C17H21NO2. The largest absolute Gasteiger partial charge is 0.450 e. The number of benzene rings is 1. The number of anilines is 1. The molecular weight excluding hydrogens is 250 g/mol. The molecule has 0 saturated carbocycles. The van der Waals surface area contributed by atoms with Crippen LogP contribution >= 0.6 is 0 Å². The molecule has 3 heteroatoms. The predicted molar refractivity (Wildman–Crippen MR) is 82.7 cm³/mol. The van der Waals surface area contributed by atoms with Gasteiger partial charge in [0.25, 0.3) is 0 Å². The molecule has 0 fully saturated rings. The Labute approximate surface area is 120 Å². The summed E-state index contributed by atoms with van der Waals surface area (Å²) in [6, 6.07) is 7.87. The number of hydrogen-bond acceptors (Lipinski definition) is 2. The van der Waals surface area contributed by atoms with E-state index in [2.05, 4.69) is 25.2 Å². The molecule has 0 atom stereocenters. The van der Waals surface area contributed by atoms with Gasteiger partial charge in [-0.25, -0.2) is 4.79 Å². The number of carbonyl (C=O) groups is 1. The minimum Gasteiger partial charge on any atom is -0.450 e. The van der Waals surface area contributed by atoms with E-state index in [4.69, 9.17) is 4.74 Å². The highest BCUT2D eigenvalue weighted by Crippen LogP contribution is 2.34. The van der Waals surface area contributed by atoms with Crippen LogP contribution in [0.4, 0.5) is 10.5 Å². The molecule has 1 aromatic rings. The lowest BCUT2D eigenvalue weighted by molar-refractivity contribution is 0.168. The number of nitrogens with one attached hydrogen (secondary N) is 1. The number of rotatable bonds is 3. The number of allylic oxidation sites excluding steroid dienone is 4. The Morgan fingerprint density at radius 3 is 2.70 bits per heavy atom. The van der Waals surface area contributed by atoms with Crippen LogP contribution in [0.5, 0.6) is 0 Å². The van der Waals surface area contributed by atoms with Gasteiger partial charge in [-0.3, -0.25) is 5.32 Å². The fourth-order valence-electron chi connectivity index (χ4n) is 2.31. The number of carbonyl (C=O) groups excluding carboxylic acids is 1. The van der Waals surface area contributed by atoms with Crippen molar-refractivity contribution in [2.75, 3.05) is 11.9 Å². The monoisotopic (exact) mass is 271 g/mol. The van der Waals surface area contributed by atoms with Gasteiger partial charge in [0.2, 0.25) is 0 Å². The average molecular weight is 271 g/mol. The van der Waals surface area contributed by atoms with Crippen molar-refractivity contribution in [3.05, 3.63) is 47.1 Å². The minimum absolute atomic E-state index is 0.373. The van der Waals surface area contributed by atoms with Gasteiger partial charge < -0.3 is 4.74 Å². The van der Waals surface area contributed by atoms with Crippen molar-refractivity contribution in [1.82, 2.24) is 0 Å². The van der Waals surface area contributed by atoms with Gasteiger partial charge in [-0.05, 0) is 45.3 Å². The maximum atomic E-state index is 11.6. The van der Waals surface area contributed by atoms with Crippen LogP contribution < -0.4 is 5.32 Å². The molecule has 1 N–H and O–H groups in total. The molecule has 1 aliphatic rings. The zero-order valence-corrected chi connectivity index (χ0v) is 12.3. The van der Waals surface area contributed by atoms with Gasteiger partial charge in [-0.1, -0.05) is 35.4 Å². The van der Waals surface area contributed by atoms with E-state index in [0.29, 0.717) is 6.61 Å². The van der Waals surface area contributed by atoms with Gasteiger partial charge in [-0.2, -0.15) is 0 Å². The third-order valence-corrected chi connectivity index (χ3v) is 3.62. The fourth-order valence-corrected chi connectivity index (χ4v) is 2.31. The summed E-state index contributed by atoms with van der Waals surface area (Å²) in [6.45, 7) is 6.51. The second kappa shape index (κ2) is 6.42. The Hall–Kier alpha value is -2.03. The van der Waals surface area contributed by atoms with E-state index in [0.717, 1.165) is 24.1 Å². The van der Waals surface area contributed by atoms with Crippen molar-refractivity contribution in [1.29, 1.82) is 0 Å². The maximum absolute atomic E-state index is 11.6. The van der Waals surface area contributed by atoms with E-state index in [9.17, 15) is 4.79 Å². The molecule has 2 rings (SSSR count). The molecule has 0 heterocycles. The van der Waals surface area contributed by atoms with Crippen LogP contribution in [-0.4, -0.2) is 12.7 Å². The average Bonchev–Trinajstić information content (AvgIpc) is 2.43. The number of para-hydroxylation sites is 1. The van der Waals surface area contributed by atoms with Crippen LogP contribution in [0.2, 0.25) is 0 Å². The molecule has 0 radical (unpaired) electrons. The normalized spacial score (nSPS) is 14.8. The van der Waals surface area contributed by atoms with Gasteiger partial charge in [0.05, 0.1) is 12.3 Å². The smallest absolute Gasteiger partial charge is 0.411 e. The summed E-state index contributed by atoms with van der Waals surface area (Å²) in [5.41, 5.74) is 6.00. The lowest BCUT2D eigenvalue weighted by Crippen LogP contribution is -2.14. The van der Waals surface area contributed by atoms with Crippen LogP contribution in [0.1, 0.15) is 39.2 Å². The minimum atomic E-state index is -0.403. The summed E-state index contributed by atoms with van der Waals surface area (Å²) in [7, 11) is 0. The Kier molecular flexibility index (Phi) is 4.61. The topological polar surface area (TPSA) is 38.3 Å². The zero-order chi connectivity index (χ0) is 14.5. The molecule has 0 saturated heterocycles. The summed E-state index contributed by atoms with van der Waals surface area (Å²) < 4.78 is 4.95. The van der Waals surface area contributed by atoms with Crippen molar-refractivity contribution in [2.45, 2.75) is 33.6 Å². The first-order valence-corrected chi connectivity index (χ1v) is 6.99. The van der Waals surface area contributed by atoms with Gasteiger partial charge >= 0.3 is 6.09 Å². The Bertz CT molecular complexity index is 570. The molecule has 0 bridgehead atoms. The fraction of sp³-hybridized carbons (Fsp3) is 0.353. The van der Waals surface area contributed by atoms with E-state index in [-0.39, 0.29) is 0 Å². The molecule has 0 spiro atoms. The molecule has 1 aliphatic carbocycles. The third kappa shape index (κ3) is 3.29. The molecule has 0 unspecified atom stereocenters. The lowest BCUT2D eigenvalue weighted by Gasteiger charge is -2.19. The Morgan fingerprint density at radius 1 is 1.25 bits per heavy atom. The van der Waals surface area contributed by atoms with Crippen molar-refractivity contribution in [2.24, 2.45) is 0 Å². The van der Waals surface area contributed by atoms with Crippen molar-refractivity contribution in [3.8, 4) is 0 Å². The number of hydrogen-bond donors (Lipinski definition) is 1. The maximum Gasteiger partial charge on any atom is 0.411 e. The number of ether oxygens (including phenoxy) is 1. The van der Waals surface area contributed by atoms with Crippen LogP contribution in [0, 0.1) is 0 Å². The molecule has 1 aromatic carbocycles. The van der Waals surface area contributed by atoms with E-state index >= 15 is 0 Å². The molecule has 1 amide bonds. The standard InChI is InChI=1S/C17H21NO2/c1-4-20-17(19)18-16-8-6-5-7-15(16)14-10-9-12(2)13(3)11-14/h5-8,10H,4,9,11H2,1-3H3,(H,18,19). The lowest BCUT2D eigenvalue weighted by atomic mass is 9.89.